The molecule has 5 N–H and O–H groups in total. The summed E-state index contributed by atoms with van der Waals surface area (Å²) in [7, 11) is 0. The number of carboxylic acids is 1. The Balaban J connectivity index is -0.000000320. The maximum absolute atomic E-state index is 10.2. The summed E-state index contributed by atoms with van der Waals surface area (Å²) in [4.78, 5) is 10.2. The lowest BCUT2D eigenvalue weighted by Crippen LogP contribution is -2.46. The molecule has 0 aromatic carbocycles. The van der Waals surface area contributed by atoms with E-state index >= 15 is 0 Å². The van der Waals surface area contributed by atoms with Gasteiger partial charge < -0.3 is 16.6 Å². The lowest BCUT2D eigenvalue weighted by atomic mass is 10.0. The van der Waals surface area contributed by atoms with Crippen LogP contribution in [0.4, 0.5) is 0 Å². The van der Waals surface area contributed by atoms with Gasteiger partial charge in [0, 0.05) is 0 Å². The Morgan fingerprint density at radius 3 is 2.00 bits per heavy atom. The minimum absolute atomic E-state index is 0. The van der Waals surface area contributed by atoms with Crippen LogP contribution in [0.1, 0.15) is 13.3 Å². The van der Waals surface area contributed by atoms with E-state index in [-0.39, 0.29) is 24.8 Å². The standard InChI is InChI=1S/C5H12N2O2.2ClH/c1-5(7,2-3-6)4(8)9;;/h2-3,6-7H2,1H3,(H,8,9);2*1H. The Bertz CT molecular complexity index is 119. The molecule has 0 aliphatic carbocycles. The van der Waals surface area contributed by atoms with E-state index in [0.29, 0.717) is 13.0 Å². The molecular weight excluding hydrogens is 191 g/mol. The van der Waals surface area contributed by atoms with Crippen molar-refractivity contribution >= 4 is 30.8 Å². The van der Waals surface area contributed by atoms with Crippen LogP contribution in [0.5, 0.6) is 0 Å². The van der Waals surface area contributed by atoms with Crippen molar-refractivity contribution < 1.29 is 9.90 Å². The molecule has 6 heteroatoms. The largest absolute Gasteiger partial charge is 0.480 e. The highest BCUT2D eigenvalue weighted by molar-refractivity contribution is 5.85. The summed E-state index contributed by atoms with van der Waals surface area (Å²) in [5.74, 6) is -1.01. The third-order valence-electron chi connectivity index (χ3n) is 1.15. The molecule has 4 nitrogen and oxygen atoms in total. The molecule has 0 aromatic rings. The summed E-state index contributed by atoms with van der Waals surface area (Å²) in [5, 5.41) is 8.39. The summed E-state index contributed by atoms with van der Waals surface area (Å²) in [6.07, 6.45) is 0.308. The molecule has 0 saturated carbocycles. The lowest BCUT2D eigenvalue weighted by Gasteiger charge is -2.16. The number of hydrogen-bond acceptors (Lipinski definition) is 3. The molecule has 0 heterocycles. The summed E-state index contributed by atoms with van der Waals surface area (Å²) in [6, 6.07) is 0. The molecule has 0 amide bonds. The number of carbonyl (C=O) groups is 1. The quantitative estimate of drug-likeness (QED) is 0.604. The third kappa shape index (κ3) is 6.37. The number of rotatable bonds is 3. The number of hydrogen-bond donors (Lipinski definition) is 3. The Morgan fingerprint density at radius 2 is 1.91 bits per heavy atom. The van der Waals surface area contributed by atoms with Gasteiger partial charge in [0.1, 0.15) is 5.54 Å². The molecule has 0 bridgehead atoms. The smallest absolute Gasteiger partial charge is 0.323 e. The first-order chi connectivity index (χ1) is 4.00. The molecule has 0 aliphatic rings. The van der Waals surface area contributed by atoms with E-state index in [9.17, 15) is 4.79 Å². The van der Waals surface area contributed by atoms with Gasteiger partial charge in [0.15, 0.2) is 0 Å². The number of nitrogens with two attached hydrogens (primary N) is 2. The molecule has 0 saturated heterocycles. The molecular formula is C5H14Cl2N2O2. The third-order valence-corrected chi connectivity index (χ3v) is 1.15. The molecule has 1 unspecified atom stereocenters. The Kier molecular flexibility index (Phi) is 10.4. The zero-order valence-electron chi connectivity index (χ0n) is 6.24. The second-order valence-corrected chi connectivity index (χ2v) is 2.26. The van der Waals surface area contributed by atoms with Gasteiger partial charge >= 0.3 is 5.97 Å². The molecule has 0 aromatic heterocycles. The van der Waals surface area contributed by atoms with E-state index in [1.165, 1.54) is 6.92 Å². The Labute approximate surface area is 78.1 Å². The monoisotopic (exact) mass is 204 g/mol. The maximum atomic E-state index is 10.2. The maximum Gasteiger partial charge on any atom is 0.323 e. The highest BCUT2D eigenvalue weighted by atomic mass is 35.5. The van der Waals surface area contributed by atoms with Crippen molar-refractivity contribution in [3.8, 4) is 0 Å². The van der Waals surface area contributed by atoms with Gasteiger partial charge in [0.05, 0.1) is 0 Å². The minimum atomic E-state index is -1.16. The van der Waals surface area contributed by atoms with Crippen molar-refractivity contribution in [1.29, 1.82) is 0 Å². The van der Waals surface area contributed by atoms with Gasteiger partial charge in [-0.15, -0.1) is 24.8 Å². The second-order valence-electron chi connectivity index (χ2n) is 2.26. The van der Waals surface area contributed by atoms with Gasteiger partial charge in [0.25, 0.3) is 0 Å². The van der Waals surface area contributed by atoms with Crippen LogP contribution in [0.3, 0.4) is 0 Å². The van der Waals surface area contributed by atoms with Crippen LogP contribution in [0.2, 0.25) is 0 Å². The van der Waals surface area contributed by atoms with Gasteiger partial charge in [-0.3, -0.25) is 4.79 Å². The molecule has 11 heavy (non-hydrogen) atoms. The first-order valence-electron chi connectivity index (χ1n) is 2.73. The van der Waals surface area contributed by atoms with Crippen LogP contribution in [0.25, 0.3) is 0 Å². The van der Waals surface area contributed by atoms with Gasteiger partial charge in [0.2, 0.25) is 0 Å². The zero-order chi connectivity index (χ0) is 7.49. The SMILES string of the molecule is CC(N)(CCN)C(=O)O.Cl.Cl. The minimum Gasteiger partial charge on any atom is -0.480 e. The van der Waals surface area contributed by atoms with E-state index in [2.05, 4.69) is 0 Å². The summed E-state index contributed by atoms with van der Waals surface area (Å²) in [5.41, 5.74) is 9.24. The first kappa shape index (κ1) is 17.2. The van der Waals surface area contributed by atoms with E-state index in [4.69, 9.17) is 16.6 Å². The van der Waals surface area contributed by atoms with Crippen LogP contribution < -0.4 is 11.5 Å². The summed E-state index contributed by atoms with van der Waals surface area (Å²) < 4.78 is 0. The van der Waals surface area contributed by atoms with E-state index in [0.717, 1.165) is 0 Å². The summed E-state index contributed by atoms with van der Waals surface area (Å²) >= 11 is 0. The highest BCUT2D eigenvalue weighted by Gasteiger charge is 2.26. The van der Waals surface area contributed by atoms with Gasteiger partial charge in [-0.25, -0.2) is 0 Å². The molecule has 0 radical (unpaired) electrons. The molecule has 0 aliphatic heterocycles. The van der Waals surface area contributed by atoms with Crippen molar-refractivity contribution in [2.75, 3.05) is 6.54 Å². The van der Waals surface area contributed by atoms with Crippen molar-refractivity contribution in [3.05, 3.63) is 0 Å². The molecule has 0 spiro atoms. The van der Waals surface area contributed by atoms with Gasteiger partial charge in [-0.1, -0.05) is 0 Å². The topological polar surface area (TPSA) is 89.3 Å². The molecule has 0 fully saturated rings. The highest BCUT2D eigenvalue weighted by Crippen LogP contribution is 2.02. The fourth-order valence-electron chi connectivity index (χ4n) is 0.407. The fourth-order valence-corrected chi connectivity index (χ4v) is 0.407. The first-order valence-corrected chi connectivity index (χ1v) is 2.73. The van der Waals surface area contributed by atoms with Crippen LogP contribution in [-0.4, -0.2) is 23.2 Å². The molecule has 70 valence electrons. The van der Waals surface area contributed by atoms with Crippen molar-refractivity contribution in [1.82, 2.24) is 0 Å². The van der Waals surface area contributed by atoms with Crippen molar-refractivity contribution in [2.45, 2.75) is 18.9 Å². The van der Waals surface area contributed by atoms with E-state index in [1.807, 2.05) is 0 Å². The fraction of sp³-hybridized carbons (Fsp3) is 0.800. The van der Waals surface area contributed by atoms with Crippen LogP contribution in [0.15, 0.2) is 0 Å². The number of aliphatic carboxylic acids is 1. The van der Waals surface area contributed by atoms with Crippen molar-refractivity contribution in [2.24, 2.45) is 11.5 Å². The van der Waals surface area contributed by atoms with E-state index in [1.54, 1.807) is 0 Å². The van der Waals surface area contributed by atoms with Gasteiger partial charge in [-0.2, -0.15) is 0 Å². The van der Waals surface area contributed by atoms with Crippen LogP contribution >= 0.6 is 24.8 Å². The Hall–Kier alpha value is -0.0300. The van der Waals surface area contributed by atoms with Gasteiger partial charge in [-0.05, 0) is 19.9 Å². The molecule has 0 rings (SSSR count). The second kappa shape index (κ2) is 6.67. The van der Waals surface area contributed by atoms with Crippen LogP contribution in [-0.2, 0) is 4.79 Å². The number of carboxylic acid groups (broad SMARTS) is 1. The average molecular weight is 205 g/mol. The zero-order valence-corrected chi connectivity index (χ0v) is 7.87. The lowest BCUT2D eigenvalue weighted by molar-refractivity contribution is -0.142. The predicted molar refractivity (Wildman–Crippen MR) is 48.4 cm³/mol. The molecule has 1 atom stereocenters. The Morgan fingerprint density at radius 1 is 1.55 bits per heavy atom. The summed E-state index contributed by atoms with van der Waals surface area (Å²) in [6.45, 7) is 1.75. The average Bonchev–Trinajstić information content (AvgIpc) is 1.65. The van der Waals surface area contributed by atoms with Crippen molar-refractivity contribution in [3.63, 3.8) is 0 Å². The predicted octanol–water partition coefficient (Wildman–Crippen LogP) is -0.0192. The number of halogens is 2. The normalized spacial score (nSPS) is 13.7. The van der Waals surface area contributed by atoms with Crippen LogP contribution in [0, 0.1) is 0 Å². The van der Waals surface area contributed by atoms with E-state index < -0.39 is 11.5 Å².